The van der Waals surface area contributed by atoms with E-state index in [1.165, 1.54) is 36.4 Å². The van der Waals surface area contributed by atoms with Gasteiger partial charge >= 0.3 is 0 Å². The lowest BCUT2D eigenvalue weighted by Gasteiger charge is -2.12. The molecule has 0 bridgehead atoms. The molecule has 2 aromatic carbocycles. The number of carbonyl (C=O) groups is 2. The maximum absolute atomic E-state index is 13.9. The molecule has 0 unspecified atom stereocenters. The van der Waals surface area contributed by atoms with Crippen LogP contribution in [-0.2, 0) is 11.3 Å². The Balaban J connectivity index is 1.56. The maximum Gasteiger partial charge on any atom is 0.293 e. The first kappa shape index (κ1) is 20.8. The molecule has 31 heavy (non-hydrogen) atoms. The van der Waals surface area contributed by atoms with E-state index in [2.05, 4.69) is 0 Å². The largest absolute Gasteiger partial charge is 0.457 e. The minimum Gasteiger partial charge on any atom is -0.457 e. The van der Waals surface area contributed by atoms with E-state index in [-0.39, 0.29) is 33.5 Å². The quantitative estimate of drug-likeness (QED) is 0.269. The summed E-state index contributed by atoms with van der Waals surface area (Å²) in [4.78, 5) is 36.5. The first-order chi connectivity index (χ1) is 14.8. The number of nitrogens with zero attached hydrogens (tertiary/aromatic N) is 2. The molecule has 7 nitrogen and oxygen atoms in total. The first-order valence-corrected chi connectivity index (χ1v) is 10.1. The topological polar surface area (TPSA) is 93.7 Å². The number of hydrogen-bond donors (Lipinski definition) is 0. The summed E-state index contributed by atoms with van der Waals surface area (Å²) < 4.78 is 19.5. The van der Waals surface area contributed by atoms with Gasteiger partial charge in [0.25, 0.3) is 16.8 Å². The fourth-order valence-corrected chi connectivity index (χ4v) is 3.96. The van der Waals surface area contributed by atoms with E-state index in [1.54, 1.807) is 24.3 Å². The number of furan rings is 1. The van der Waals surface area contributed by atoms with Crippen molar-refractivity contribution in [1.29, 1.82) is 0 Å². The molecule has 0 N–H and O–H groups in total. The number of hydrogen-bond acceptors (Lipinski definition) is 6. The predicted molar refractivity (Wildman–Crippen MR) is 114 cm³/mol. The minimum absolute atomic E-state index is 0.00376. The molecule has 1 aliphatic heterocycles. The highest BCUT2D eigenvalue weighted by atomic mass is 35.5. The van der Waals surface area contributed by atoms with Crippen LogP contribution in [0.5, 0.6) is 0 Å². The minimum atomic E-state index is -0.596. The Morgan fingerprint density at radius 1 is 1.16 bits per heavy atom. The van der Waals surface area contributed by atoms with E-state index in [1.807, 2.05) is 0 Å². The molecule has 0 aliphatic carbocycles. The molecule has 1 fully saturated rings. The Labute approximate surface area is 184 Å². The SMILES string of the molecule is O=C1S/C(=C\c2ccc(-c3ccc(Cl)c([N+](=O)[O-])c3)o2)C(=O)N1Cc1ccccc1F. The average molecular weight is 459 g/mol. The standard InChI is InChI=1S/C21H12ClFN2O5S/c22-15-7-5-12(9-17(15)25(28)29)18-8-6-14(30-18)10-19-20(26)24(21(27)31-19)11-13-3-1-2-4-16(13)23/h1-10H,11H2/b19-10-. The molecule has 2 amide bonds. The number of rotatable bonds is 5. The Morgan fingerprint density at radius 2 is 1.94 bits per heavy atom. The molecule has 3 aromatic rings. The molecule has 10 heteroatoms. The van der Waals surface area contributed by atoms with Crippen molar-refractivity contribution in [3.8, 4) is 11.3 Å². The second kappa shape index (κ2) is 8.37. The molecule has 1 aliphatic rings. The highest BCUT2D eigenvalue weighted by molar-refractivity contribution is 8.18. The molecule has 0 spiro atoms. The lowest BCUT2D eigenvalue weighted by molar-refractivity contribution is -0.384. The van der Waals surface area contributed by atoms with Crippen LogP contribution in [0.4, 0.5) is 14.9 Å². The molecule has 1 aromatic heterocycles. The van der Waals surface area contributed by atoms with Gasteiger partial charge in [-0.2, -0.15) is 0 Å². The van der Waals surface area contributed by atoms with Crippen LogP contribution in [0.3, 0.4) is 0 Å². The molecule has 0 radical (unpaired) electrons. The van der Waals surface area contributed by atoms with Gasteiger partial charge in [-0.05, 0) is 42.1 Å². The van der Waals surface area contributed by atoms with Gasteiger partial charge in [-0.25, -0.2) is 4.39 Å². The number of imide groups is 1. The summed E-state index contributed by atoms with van der Waals surface area (Å²) in [6, 6.07) is 13.3. The van der Waals surface area contributed by atoms with Crippen molar-refractivity contribution >= 4 is 46.3 Å². The van der Waals surface area contributed by atoms with Crippen LogP contribution in [0, 0.1) is 15.9 Å². The van der Waals surface area contributed by atoms with E-state index in [0.29, 0.717) is 11.3 Å². The summed E-state index contributed by atoms with van der Waals surface area (Å²) in [6.07, 6.45) is 1.40. The fraction of sp³-hybridized carbons (Fsp3) is 0.0476. The molecular weight excluding hydrogens is 447 g/mol. The molecule has 2 heterocycles. The van der Waals surface area contributed by atoms with Crippen LogP contribution >= 0.6 is 23.4 Å². The van der Waals surface area contributed by atoms with Crippen molar-refractivity contribution in [1.82, 2.24) is 4.90 Å². The number of nitro groups is 1. The zero-order chi connectivity index (χ0) is 22.1. The third-order valence-electron chi connectivity index (χ3n) is 4.49. The van der Waals surface area contributed by atoms with Crippen LogP contribution in [0.25, 0.3) is 17.4 Å². The zero-order valence-electron chi connectivity index (χ0n) is 15.6. The fourth-order valence-electron chi connectivity index (χ4n) is 2.95. The Kier molecular flexibility index (Phi) is 5.62. The Bertz CT molecular complexity index is 1260. The van der Waals surface area contributed by atoms with Crippen LogP contribution in [0.2, 0.25) is 5.02 Å². The van der Waals surface area contributed by atoms with Gasteiger partial charge in [-0.15, -0.1) is 0 Å². The van der Waals surface area contributed by atoms with Crippen molar-refractivity contribution in [3.05, 3.63) is 91.8 Å². The zero-order valence-corrected chi connectivity index (χ0v) is 17.2. The number of benzene rings is 2. The Morgan fingerprint density at radius 3 is 2.68 bits per heavy atom. The van der Waals surface area contributed by atoms with Gasteiger partial charge in [0.15, 0.2) is 0 Å². The van der Waals surface area contributed by atoms with Crippen LogP contribution in [0.1, 0.15) is 11.3 Å². The number of thioether (sulfide) groups is 1. The van der Waals surface area contributed by atoms with Crippen LogP contribution in [0.15, 0.2) is 63.9 Å². The van der Waals surface area contributed by atoms with E-state index in [9.17, 15) is 24.1 Å². The van der Waals surface area contributed by atoms with Crippen molar-refractivity contribution in [2.45, 2.75) is 6.54 Å². The molecular formula is C21H12ClFN2O5S. The first-order valence-electron chi connectivity index (χ1n) is 8.86. The third kappa shape index (κ3) is 4.23. The summed E-state index contributed by atoms with van der Waals surface area (Å²) in [5.74, 6) is -0.447. The summed E-state index contributed by atoms with van der Waals surface area (Å²) in [7, 11) is 0. The van der Waals surface area contributed by atoms with Crippen LogP contribution in [-0.4, -0.2) is 21.0 Å². The van der Waals surface area contributed by atoms with E-state index in [4.69, 9.17) is 16.0 Å². The summed E-state index contributed by atoms with van der Waals surface area (Å²) >= 11 is 6.55. The van der Waals surface area contributed by atoms with E-state index in [0.717, 1.165) is 16.7 Å². The van der Waals surface area contributed by atoms with E-state index >= 15 is 0 Å². The van der Waals surface area contributed by atoms with Gasteiger partial charge in [0.1, 0.15) is 22.4 Å². The molecule has 1 saturated heterocycles. The van der Waals surface area contributed by atoms with Gasteiger partial charge in [-0.3, -0.25) is 24.6 Å². The van der Waals surface area contributed by atoms with Crippen LogP contribution < -0.4 is 0 Å². The van der Waals surface area contributed by atoms with Crippen molar-refractivity contribution in [3.63, 3.8) is 0 Å². The Hall–Kier alpha value is -3.43. The summed E-state index contributed by atoms with van der Waals surface area (Å²) in [5, 5.41) is 10.6. The lowest BCUT2D eigenvalue weighted by atomic mass is 10.1. The monoisotopic (exact) mass is 458 g/mol. The van der Waals surface area contributed by atoms with Gasteiger partial charge in [0.2, 0.25) is 0 Å². The second-order valence-corrected chi connectivity index (χ2v) is 7.88. The molecule has 0 atom stereocenters. The maximum atomic E-state index is 13.9. The number of carbonyl (C=O) groups excluding carboxylic acids is 2. The third-order valence-corrected chi connectivity index (χ3v) is 5.71. The highest BCUT2D eigenvalue weighted by Crippen LogP contribution is 2.35. The van der Waals surface area contributed by atoms with Crippen molar-refractivity contribution < 1.29 is 23.3 Å². The van der Waals surface area contributed by atoms with Crippen molar-refractivity contribution in [2.75, 3.05) is 0 Å². The highest BCUT2D eigenvalue weighted by Gasteiger charge is 2.35. The van der Waals surface area contributed by atoms with Gasteiger partial charge in [0, 0.05) is 23.3 Å². The van der Waals surface area contributed by atoms with Crippen molar-refractivity contribution in [2.24, 2.45) is 0 Å². The molecule has 4 rings (SSSR count). The number of nitro benzene ring substituents is 1. The summed E-state index contributed by atoms with van der Waals surface area (Å²) in [6.45, 7) is -0.174. The smallest absolute Gasteiger partial charge is 0.293 e. The predicted octanol–water partition coefficient (Wildman–Crippen LogP) is 5.88. The van der Waals surface area contributed by atoms with E-state index < -0.39 is 21.9 Å². The average Bonchev–Trinajstić information content (AvgIpc) is 3.30. The second-order valence-electron chi connectivity index (χ2n) is 6.48. The van der Waals surface area contributed by atoms with Gasteiger partial charge in [0.05, 0.1) is 16.4 Å². The molecule has 0 saturated carbocycles. The normalized spacial score (nSPS) is 15.2. The molecule has 156 valence electrons. The number of halogens is 2. The summed E-state index contributed by atoms with van der Waals surface area (Å²) in [5.41, 5.74) is 0.408. The number of amides is 2. The van der Waals surface area contributed by atoms with Gasteiger partial charge < -0.3 is 4.42 Å². The lowest BCUT2D eigenvalue weighted by Crippen LogP contribution is -2.27. The van der Waals surface area contributed by atoms with Gasteiger partial charge in [-0.1, -0.05) is 29.8 Å².